The third-order valence-electron chi connectivity index (χ3n) is 19.7. The van der Waals surface area contributed by atoms with E-state index < -0.39 is 0 Å². The van der Waals surface area contributed by atoms with Crippen molar-refractivity contribution in [3.8, 4) is 11.4 Å². The van der Waals surface area contributed by atoms with Gasteiger partial charge in [-0.15, -0.1) is 22.7 Å². The van der Waals surface area contributed by atoms with Crippen LogP contribution in [0.3, 0.4) is 0 Å². The number of fused-ring (bicyclic) bond motifs is 15. The summed E-state index contributed by atoms with van der Waals surface area (Å²) < 4.78 is 10.5. The summed E-state index contributed by atoms with van der Waals surface area (Å²) >= 11 is 3.93. The molecular weight excluding hydrogens is 1120 g/mol. The first-order valence-corrected chi connectivity index (χ1v) is 33.6. The maximum Gasteiger partial charge on any atom is 0.264 e. The standard InChI is InChI=1S/C82H77BN4S2/c1-78(2,3)48-28-35-53(36-29-48)85-67-45-55(84-63-25-19-16-22-56(63)57-23-17-20-26-64(57)84)46-68-73(67)83(77-74(85)61-44-52(82(13,14)15)34-41-70(61)89-77)62-47-71-72(58-24-18-21-27-69(58)88-71)76(75(62)86(68)54-37-30-49(31-38-54)79(4,5)6)87-65-39-32-50(80(7,8)9)42-59(65)60-43-51(81(10,11)12)33-40-66(60)87/h16-47H,1-15H3. The average molecular weight is 1190 g/mol. The van der Waals surface area contributed by atoms with Crippen LogP contribution < -0.4 is 25.5 Å². The normalized spacial score (nSPS) is 13.9. The van der Waals surface area contributed by atoms with Gasteiger partial charge in [-0.2, -0.15) is 0 Å². The molecule has 89 heavy (non-hydrogen) atoms. The van der Waals surface area contributed by atoms with E-state index in [1.807, 2.05) is 22.7 Å². The molecule has 4 nitrogen and oxygen atoms in total. The van der Waals surface area contributed by atoms with E-state index in [0.29, 0.717) is 0 Å². The van der Waals surface area contributed by atoms with Crippen LogP contribution in [0, 0.1) is 0 Å². The van der Waals surface area contributed by atoms with Crippen LogP contribution in [0.4, 0.5) is 34.1 Å². The van der Waals surface area contributed by atoms with Gasteiger partial charge < -0.3 is 18.9 Å². The van der Waals surface area contributed by atoms with Crippen molar-refractivity contribution in [2.45, 2.75) is 131 Å². The van der Waals surface area contributed by atoms with Gasteiger partial charge in [0, 0.05) is 79.3 Å². The van der Waals surface area contributed by atoms with E-state index in [-0.39, 0.29) is 33.8 Å². The molecule has 0 spiro atoms. The molecule has 2 aliphatic rings. The molecule has 10 aromatic carbocycles. The molecule has 14 aromatic rings. The van der Waals surface area contributed by atoms with Gasteiger partial charge >= 0.3 is 0 Å². The number of benzene rings is 10. The summed E-state index contributed by atoms with van der Waals surface area (Å²) in [7, 11) is 0. The fourth-order valence-corrected chi connectivity index (χ4v) is 17.2. The fraction of sp³-hybridized carbons (Fsp3) is 0.244. The van der Waals surface area contributed by atoms with Crippen LogP contribution in [0.5, 0.6) is 0 Å². The maximum atomic E-state index is 2.72. The zero-order valence-corrected chi connectivity index (χ0v) is 55.8. The van der Waals surface area contributed by atoms with Crippen molar-refractivity contribution in [2.75, 3.05) is 9.80 Å². The van der Waals surface area contributed by atoms with E-state index in [4.69, 9.17) is 0 Å². The van der Waals surface area contributed by atoms with Gasteiger partial charge in [0.25, 0.3) is 6.71 Å². The Hall–Kier alpha value is -8.36. The van der Waals surface area contributed by atoms with Crippen molar-refractivity contribution in [3.63, 3.8) is 0 Å². The van der Waals surface area contributed by atoms with Crippen LogP contribution in [0.15, 0.2) is 194 Å². The van der Waals surface area contributed by atoms with Crippen molar-refractivity contribution >= 4 is 153 Å². The third kappa shape index (κ3) is 8.50. The van der Waals surface area contributed by atoms with Crippen molar-refractivity contribution in [2.24, 2.45) is 0 Å². The Morgan fingerprint density at radius 2 is 0.719 bits per heavy atom. The monoisotopic (exact) mass is 1190 g/mol. The molecule has 0 unspecified atom stereocenters. The number of anilines is 6. The summed E-state index contributed by atoms with van der Waals surface area (Å²) in [5.41, 5.74) is 23.3. The molecule has 0 amide bonds. The minimum atomic E-state index is -0.149. The van der Waals surface area contributed by atoms with Crippen LogP contribution in [-0.4, -0.2) is 15.8 Å². The largest absolute Gasteiger partial charge is 0.310 e. The van der Waals surface area contributed by atoms with Gasteiger partial charge in [0.2, 0.25) is 0 Å². The van der Waals surface area contributed by atoms with Gasteiger partial charge in [-0.05, 0) is 163 Å². The predicted molar refractivity (Wildman–Crippen MR) is 391 cm³/mol. The van der Waals surface area contributed by atoms with Gasteiger partial charge in [-0.25, -0.2) is 0 Å². The Morgan fingerprint density at radius 1 is 0.303 bits per heavy atom. The molecule has 16 rings (SSSR count). The molecule has 4 aromatic heterocycles. The highest BCUT2D eigenvalue weighted by atomic mass is 32.1. The molecule has 7 heteroatoms. The molecule has 0 atom stereocenters. The van der Waals surface area contributed by atoms with E-state index in [0.717, 1.165) is 17.1 Å². The molecule has 0 fully saturated rings. The maximum absolute atomic E-state index is 2.72. The molecule has 0 aliphatic carbocycles. The van der Waals surface area contributed by atoms with E-state index in [9.17, 15) is 0 Å². The van der Waals surface area contributed by atoms with Gasteiger partial charge in [0.15, 0.2) is 0 Å². The lowest BCUT2D eigenvalue weighted by atomic mass is 9.36. The summed E-state index contributed by atoms with van der Waals surface area (Å²) in [4.78, 5) is 5.40. The van der Waals surface area contributed by atoms with Crippen LogP contribution in [0.25, 0.3) is 85.2 Å². The molecular formula is C82H77BN4S2. The molecule has 6 heterocycles. The van der Waals surface area contributed by atoms with Gasteiger partial charge in [0.05, 0.1) is 44.8 Å². The van der Waals surface area contributed by atoms with Crippen LogP contribution in [-0.2, 0) is 27.1 Å². The third-order valence-corrected chi connectivity index (χ3v) is 22.0. The number of aromatic nitrogens is 2. The Kier molecular flexibility index (Phi) is 12.0. The van der Waals surface area contributed by atoms with Gasteiger partial charge in [-0.3, -0.25) is 0 Å². The van der Waals surface area contributed by atoms with Gasteiger partial charge in [0.1, 0.15) is 0 Å². The summed E-state index contributed by atoms with van der Waals surface area (Å²) in [5.74, 6) is 0. The second-order valence-corrected chi connectivity index (χ2v) is 32.8. The second kappa shape index (κ2) is 19.1. The predicted octanol–water partition coefficient (Wildman–Crippen LogP) is 22.0. The zero-order valence-electron chi connectivity index (χ0n) is 54.2. The van der Waals surface area contributed by atoms with Crippen molar-refractivity contribution in [3.05, 3.63) is 222 Å². The first-order valence-electron chi connectivity index (χ1n) is 31.9. The smallest absolute Gasteiger partial charge is 0.264 e. The summed E-state index contributed by atoms with van der Waals surface area (Å²) in [6, 6.07) is 76.3. The van der Waals surface area contributed by atoms with E-state index in [1.54, 1.807) is 0 Å². The lowest BCUT2D eigenvalue weighted by Crippen LogP contribution is -2.60. The Morgan fingerprint density at radius 3 is 1.22 bits per heavy atom. The highest BCUT2D eigenvalue weighted by Gasteiger charge is 2.48. The first-order chi connectivity index (χ1) is 42.3. The first kappa shape index (κ1) is 55.9. The molecule has 0 saturated carbocycles. The summed E-state index contributed by atoms with van der Waals surface area (Å²) in [6.45, 7) is 35.0. The highest BCUT2D eigenvalue weighted by molar-refractivity contribution is 7.34. The SMILES string of the molecule is CC(C)(C)c1ccc(N2c3cc(-n4c5ccccc5c5ccccc54)cc4c3B(c3cc5sc6ccccc6c5c(-n5c6ccc(C(C)(C)C)cc6c6cc(C(C)(C)C)ccc65)c32)c2sc3ccc(C(C)(C)C)cc3c2N4c2ccc(C(C)(C)C)cc2)cc1. The van der Waals surface area contributed by atoms with Crippen LogP contribution >= 0.6 is 22.7 Å². The number of hydrogen-bond donors (Lipinski definition) is 0. The fourth-order valence-electron chi connectivity index (χ4n) is 14.8. The average Bonchev–Trinajstić information content (AvgIpc) is 1.66. The van der Waals surface area contributed by atoms with Crippen LogP contribution in [0.2, 0.25) is 0 Å². The summed E-state index contributed by atoms with van der Waals surface area (Å²) in [6.07, 6.45) is 0. The van der Waals surface area contributed by atoms with E-state index in [2.05, 4.69) is 317 Å². The Balaban J connectivity index is 1.14. The Labute approximate surface area is 532 Å². The lowest BCUT2D eigenvalue weighted by molar-refractivity contribution is 0.590. The summed E-state index contributed by atoms with van der Waals surface area (Å²) in [5, 5.41) is 8.90. The van der Waals surface area contributed by atoms with E-state index in [1.165, 1.54) is 146 Å². The molecule has 0 radical (unpaired) electrons. The lowest BCUT2D eigenvalue weighted by Gasteiger charge is -2.44. The highest BCUT2D eigenvalue weighted by Crippen LogP contribution is 2.54. The molecule has 0 bridgehead atoms. The molecule has 2 aliphatic heterocycles. The molecule has 0 N–H and O–H groups in total. The minimum Gasteiger partial charge on any atom is -0.310 e. The topological polar surface area (TPSA) is 16.3 Å². The zero-order chi connectivity index (χ0) is 61.7. The number of thiophene rings is 2. The van der Waals surface area contributed by atoms with Crippen LogP contribution in [0.1, 0.15) is 132 Å². The van der Waals surface area contributed by atoms with Crippen molar-refractivity contribution in [1.82, 2.24) is 9.13 Å². The quantitative estimate of drug-likeness (QED) is 0.163. The van der Waals surface area contributed by atoms with Crippen molar-refractivity contribution in [1.29, 1.82) is 0 Å². The molecule has 0 saturated heterocycles. The second-order valence-electron chi connectivity index (χ2n) is 30.7. The number of nitrogens with zero attached hydrogens (tertiary/aromatic N) is 4. The number of hydrogen-bond acceptors (Lipinski definition) is 4. The number of rotatable bonds is 4. The Bertz CT molecular complexity index is 5160. The minimum absolute atomic E-state index is 0.0223. The van der Waals surface area contributed by atoms with Crippen molar-refractivity contribution < 1.29 is 0 Å². The molecule has 440 valence electrons. The van der Waals surface area contributed by atoms with Gasteiger partial charge in [-0.1, -0.05) is 201 Å². The van der Waals surface area contributed by atoms with E-state index >= 15 is 0 Å². The number of para-hydroxylation sites is 2.